The molecule has 2 aromatic carbocycles. The number of likely N-dealkylation sites (tertiary alicyclic amines) is 1. The number of hydrogen-bond donors (Lipinski definition) is 1. The fourth-order valence-electron chi connectivity index (χ4n) is 4.16. The topological polar surface area (TPSA) is 55.9 Å². The Bertz CT molecular complexity index is 853. The molecule has 6 nitrogen and oxygen atoms in total. The number of carbonyl (C=O) groups excluding carboxylic acids is 2. The molecule has 0 bridgehead atoms. The summed E-state index contributed by atoms with van der Waals surface area (Å²) in [5, 5.41) is 3.02. The van der Waals surface area contributed by atoms with E-state index >= 15 is 0 Å². The highest BCUT2D eigenvalue weighted by molar-refractivity contribution is 5.89. The number of benzene rings is 2. The lowest BCUT2D eigenvalue weighted by atomic mass is 10.2. The molecule has 158 valence electrons. The molecule has 2 heterocycles. The highest BCUT2D eigenvalue weighted by atomic mass is 16.2. The van der Waals surface area contributed by atoms with Crippen LogP contribution in [0.4, 0.5) is 10.5 Å². The van der Waals surface area contributed by atoms with E-state index in [-0.39, 0.29) is 11.9 Å². The Hall–Kier alpha value is -2.86. The normalized spacial score (nSPS) is 17.8. The van der Waals surface area contributed by atoms with Gasteiger partial charge in [-0.3, -0.25) is 9.69 Å². The van der Waals surface area contributed by atoms with Crippen molar-refractivity contribution in [2.75, 3.05) is 38.0 Å². The molecule has 0 radical (unpaired) electrons. The number of urea groups is 1. The molecule has 2 aromatic rings. The molecule has 2 aliphatic heterocycles. The zero-order valence-electron chi connectivity index (χ0n) is 17.4. The first-order chi connectivity index (χ1) is 14.7. The summed E-state index contributed by atoms with van der Waals surface area (Å²) in [6.45, 7) is 5.80. The van der Waals surface area contributed by atoms with Crippen LogP contribution in [0.15, 0.2) is 54.6 Å². The lowest BCUT2D eigenvalue weighted by Crippen LogP contribution is -2.38. The summed E-state index contributed by atoms with van der Waals surface area (Å²) >= 11 is 0. The molecule has 2 aliphatic rings. The number of carbonyl (C=O) groups is 2. The van der Waals surface area contributed by atoms with Gasteiger partial charge in [0.2, 0.25) is 5.91 Å². The summed E-state index contributed by atoms with van der Waals surface area (Å²) in [4.78, 5) is 30.7. The van der Waals surface area contributed by atoms with E-state index in [0.29, 0.717) is 13.0 Å². The van der Waals surface area contributed by atoms with E-state index in [1.165, 1.54) is 5.56 Å². The molecule has 6 heteroatoms. The van der Waals surface area contributed by atoms with Crippen LogP contribution in [0.1, 0.15) is 30.4 Å². The minimum absolute atomic E-state index is 0.0426. The van der Waals surface area contributed by atoms with Crippen LogP contribution in [0, 0.1) is 0 Å². The molecule has 0 aliphatic carbocycles. The Balaban J connectivity index is 1.26. The number of hydrogen-bond acceptors (Lipinski definition) is 3. The number of amides is 3. The van der Waals surface area contributed by atoms with Crippen LogP contribution in [0.5, 0.6) is 0 Å². The summed E-state index contributed by atoms with van der Waals surface area (Å²) in [6, 6.07) is 18.3. The van der Waals surface area contributed by atoms with Crippen molar-refractivity contribution >= 4 is 17.6 Å². The molecule has 4 rings (SSSR count). The van der Waals surface area contributed by atoms with E-state index in [1.807, 2.05) is 40.1 Å². The Morgan fingerprint density at radius 3 is 2.30 bits per heavy atom. The molecular formula is C24H30N4O2. The monoisotopic (exact) mass is 406 g/mol. The van der Waals surface area contributed by atoms with E-state index in [0.717, 1.165) is 63.4 Å². The maximum atomic E-state index is 12.7. The third kappa shape index (κ3) is 5.39. The van der Waals surface area contributed by atoms with Gasteiger partial charge < -0.3 is 15.1 Å². The third-order valence-electron chi connectivity index (χ3n) is 5.87. The first kappa shape index (κ1) is 20.4. The van der Waals surface area contributed by atoms with Gasteiger partial charge in [-0.1, -0.05) is 42.5 Å². The van der Waals surface area contributed by atoms with Crippen LogP contribution in [-0.2, 0) is 17.9 Å². The van der Waals surface area contributed by atoms with Crippen molar-refractivity contribution < 1.29 is 9.59 Å². The lowest BCUT2D eigenvalue weighted by molar-refractivity contribution is -0.128. The van der Waals surface area contributed by atoms with Gasteiger partial charge in [-0.15, -0.1) is 0 Å². The van der Waals surface area contributed by atoms with Crippen LogP contribution in [0.3, 0.4) is 0 Å². The van der Waals surface area contributed by atoms with Crippen molar-refractivity contribution in [3.63, 3.8) is 0 Å². The first-order valence-electron chi connectivity index (χ1n) is 10.9. The number of nitrogens with zero attached hydrogens (tertiary/aromatic N) is 3. The molecule has 0 atom stereocenters. The van der Waals surface area contributed by atoms with Gasteiger partial charge in [-0.2, -0.15) is 0 Å². The van der Waals surface area contributed by atoms with Gasteiger partial charge in [0, 0.05) is 57.9 Å². The van der Waals surface area contributed by atoms with Crippen molar-refractivity contribution in [3.05, 3.63) is 65.7 Å². The van der Waals surface area contributed by atoms with Gasteiger partial charge in [0.1, 0.15) is 0 Å². The summed E-state index contributed by atoms with van der Waals surface area (Å²) in [6.07, 6.45) is 2.58. The predicted octanol–water partition coefficient (Wildman–Crippen LogP) is 3.55. The molecular weight excluding hydrogens is 376 g/mol. The summed E-state index contributed by atoms with van der Waals surface area (Å²) < 4.78 is 0. The first-order valence-corrected chi connectivity index (χ1v) is 10.9. The van der Waals surface area contributed by atoms with Gasteiger partial charge in [0.15, 0.2) is 0 Å². The van der Waals surface area contributed by atoms with E-state index < -0.39 is 0 Å². The second-order valence-electron chi connectivity index (χ2n) is 8.15. The summed E-state index contributed by atoms with van der Waals surface area (Å²) in [7, 11) is 0. The second kappa shape index (κ2) is 9.76. The highest BCUT2D eigenvalue weighted by Crippen LogP contribution is 2.17. The number of anilines is 1. The quantitative estimate of drug-likeness (QED) is 0.826. The largest absolute Gasteiger partial charge is 0.338 e. The van der Waals surface area contributed by atoms with E-state index in [4.69, 9.17) is 0 Å². The van der Waals surface area contributed by atoms with Crippen LogP contribution >= 0.6 is 0 Å². The molecule has 3 amide bonds. The molecule has 2 saturated heterocycles. The predicted molar refractivity (Wildman–Crippen MR) is 118 cm³/mol. The van der Waals surface area contributed by atoms with Gasteiger partial charge in [0.05, 0.1) is 0 Å². The van der Waals surface area contributed by atoms with Gasteiger partial charge in [-0.05, 0) is 36.1 Å². The molecule has 0 spiro atoms. The highest BCUT2D eigenvalue weighted by Gasteiger charge is 2.21. The van der Waals surface area contributed by atoms with Crippen molar-refractivity contribution in [2.24, 2.45) is 0 Å². The average Bonchev–Trinajstić information content (AvgIpc) is 3.02. The van der Waals surface area contributed by atoms with Crippen molar-refractivity contribution in [1.29, 1.82) is 0 Å². The third-order valence-corrected chi connectivity index (χ3v) is 5.87. The SMILES string of the molecule is O=C1CCCN1Cc1ccc(NC(=O)N2CCCN(Cc3ccccc3)CC2)cc1. The zero-order chi connectivity index (χ0) is 20.8. The minimum atomic E-state index is -0.0426. The molecule has 0 saturated carbocycles. The van der Waals surface area contributed by atoms with Crippen LogP contribution < -0.4 is 5.32 Å². The fourth-order valence-corrected chi connectivity index (χ4v) is 4.16. The maximum Gasteiger partial charge on any atom is 0.321 e. The second-order valence-corrected chi connectivity index (χ2v) is 8.15. The van der Waals surface area contributed by atoms with Crippen LogP contribution in [-0.4, -0.2) is 59.4 Å². The zero-order valence-corrected chi connectivity index (χ0v) is 17.4. The van der Waals surface area contributed by atoms with Crippen LogP contribution in [0.2, 0.25) is 0 Å². The average molecular weight is 407 g/mol. The van der Waals surface area contributed by atoms with E-state index in [1.54, 1.807) is 0 Å². The molecule has 0 aromatic heterocycles. The number of rotatable bonds is 5. The van der Waals surface area contributed by atoms with Crippen molar-refractivity contribution in [1.82, 2.24) is 14.7 Å². The Morgan fingerprint density at radius 2 is 1.57 bits per heavy atom. The van der Waals surface area contributed by atoms with E-state index in [2.05, 4.69) is 34.5 Å². The van der Waals surface area contributed by atoms with Gasteiger partial charge in [0.25, 0.3) is 0 Å². The molecule has 30 heavy (non-hydrogen) atoms. The van der Waals surface area contributed by atoms with Crippen LogP contribution in [0.25, 0.3) is 0 Å². The Labute approximate surface area is 178 Å². The smallest absolute Gasteiger partial charge is 0.321 e. The fraction of sp³-hybridized carbons (Fsp3) is 0.417. The summed E-state index contributed by atoms with van der Waals surface area (Å²) in [5.74, 6) is 0.231. The standard InChI is InChI=1S/C24H30N4O2/c29-23-8-4-14-28(23)19-21-9-11-22(12-10-21)25-24(30)27-15-5-13-26(16-17-27)18-20-6-2-1-3-7-20/h1-3,6-7,9-12H,4-5,8,13-19H2,(H,25,30). The molecule has 1 N–H and O–H groups in total. The van der Waals surface area contributed by atoms with Gasteiger partial charge >= 0.3 is 6.03 Å². The minimum Gasteiger partial charge on any atom is -0.338 e. The lowest BCUT2D eigenvalue weighted by Gasteiger charge is -2.22. The molecule has 2 fully saturated rings. The van der Waals surface area contributed by atoms with Gasteiger partial charge in [-0.25, -0.2) is 4.79 Å². The summed E-state index contributed by atoms with van der Waals surface area (Å²) in [5.41, 5.74) is 3.20. The molecule has 0 unspecified atom stereocenters. The number of nitrogens with one attached hydrogen (secondary N) is 1. The maximum absolute atomic E-state index is 12.7. The Morgan fingerprint density at radius 1 is 0.800 bits per heavy atom. The van der Waals surface area contributed by atoms with Crippen molar-refractivity contribution in [2.45, 2.75) is 32.4 Å². The van der Waals surface area contributed by atoms with Crippen molar-refractivity contribution in [3.8, 4) is 0 Å². The Kier molecular flexibility index (Phi) is 6.64. The van der Waals surface area contributed by atoms with E-state index in [9.17, 15) is 9.59 Å².